The number of fused-ring (bicyclic) bond motifs is 28. The van der Waals surface area contributed by atoms with Crippen LogP contribution in [0.3, 0.4) is 0 Å². The monoisotopic (exact) mass is 2060 g/mol. The lowest BCUT2D eigenvalue weighted by Crippen LogP contribution is -2.66. The minimum absolute atomic E-state index is 0.0168. The molecule has 1 heterocycles. The van der Waals surface area contributed by atoms with Gasteiger partial charge in [-0.15, -0.1) is 11.6 Å². The van der Waals surface area contributed by atoms with Crippen molar-refractivity contribution in [3.63, 3.8) is 0 Å². The highest BCUT2D eigenvalue weighted by Crippen LogP contribution is 2.83. The minimum Gasteiger partial charge on any atom is -0.481 e. The van der Waals surface area contributed by atoms with E-state index in [0.29, 0.717) is 81.2 Å². The van der Waals surface area contributed by atoms with E-state index in [0.717, 1.165) is 180 Å². The SMILES string of the molecule is C1COCCO1.CC(=O)[C@@]1(C)CC[C@]2(C)CC[C@@]3(C)C(=CCC4[C@@]5(C)CC[C@H](Cl)C(C)(C)C5CC[C@]43C)C2C1.CC1(C)C2CC[C@]3(C)C(C(=O)C=C4C5C[C@@](C)(C(=O)O)CC[C@]5(C)CC[C@@]43C)[C@@]2(C)CC[C@@H]1O.CC1(C)C2CC[C@]3(C)C(CC=C4C5C[C@@](C)(C(=O)O)CC[C@]5(C)CC[C@@]43C)[C@@]2(C)CC[C@@H]1O.CC1(C)C2CC[C@]3(C)C(CC=C4C5C[C@@](C)(C(=O)O)CC[C@]5(C)CC[C@@]43C)[C@@]2(C)CC[C@@H]1O.O=S(Cl)Cl. The van der Waals surface area contributed by atoms with Crippen molar-refractivity contribution in [2.24, 2.45) is 201 Å². The van der Waals surface area contributed by atoms with Crippen molar-refractivity contribution in [2.75, 3.05) is 26.4 Å². The quantitative estimate of drug-likeness (QED) is 0.0872. The van der Waals surface area contributed by atoms with Gasteiger partial charge in [0.1, 0.15) is 5.78 Å². The third-order valence-electron chi connectivity index (χ3n) is 54.1. The van der Waals surface area contributed by atoms with Gasteiger partial charge in [-0.05, 0) is 458 Å². The normalized spacial score (nSPS) is 52.4. The predicted octanol–water partition coefficient (Wildman–Crippen LogP) is 30.9. The topological polar surface area (TPSA) is 242 Å². The van der Waals surface area contributed by atoms with E-state index in [1.54, 1.807) is 16.7 Å². The Kier molecular flexibility index (Phi) is 29.4. The van der Waals surface area contributed by atoms with Crippen LogP contribution >= 0.6 is 33.0 Å². The van der Waals surface area contributed by atoms with E-state index >= 15 is 0 Å². The third-order valence-corrected chi connectivity index (χ3v) is 54.8. The van der Waals surface area contributed by atoms with E-state index in [1.165, 1.54) is 108 Å². The molecule has 143 heavy (non-hydrogen) atoms. The van der Waals surface area contributed by atoms with Crippen LogP contribution in [0.4, 0.5) is 0 Å². The molecular formula is C125H199Cl3O14S. The van der Waals surface area contributed by atoms with Crippen LogP contribution in [-0.2, 0) is 42.7 Å². The Bertz CT molecular complexity index is 4700. The number of aliphatic carboxylic acids is 3. The van der Waals surface area contributed by atoms with Crippen molar-refractivity contribution in [1.82, 2.24) is 0 Å². The molecule has 0 spiro atoms. The van der Waals surface area contributed by atoms with E-state index in [1.807, 2.05) is 33.8 Å². The number of alkyl halides is 1. The fourth-order valence-electron chi connectivity index (χ4n) is 42.5. The summed E-state index contributed by atoms with van der Waals surface area (Å²) in [5.41, 5.74) is 7.26. The van der Waals surface area contributed by atoms with Crippen LogP contribution in [-0.4, -0.2) is 114 Å². The number of aliphatic hydroxyl groups is 3. The Balaban J connectivity index is 0.000000132. The number of carboxylic acid groups (broad SMARTS) is 3. The molecule has 12 unspecified atom stereocenters. The lowest BCUT2D eigenvalue weighted by atomic mass is 9.33. The van der Waals surface area contributed by atoms with E-state index in [-0.39, 0.29) is 133 Å². The van der Waals surface area contributed by atoms with Crippen LogP contribution in [0, 0.1) is 201 Å². The van der Waals surface area contributed by atoms with E-state index < -0.39 is 43.4 Å². The summed E-state index contributed by atoms with van der Waals surface area (Å²) in [5, 5.41) is 63.1. The van der Waals surface area contributed by atoms with Crippen molar-refractivity contribution in [3.8, 4) is 0 Å². The van der Waals surface area contributed by atoms with E-state index in [2.05, 4.69) is 213 Å². The lowest BCUT2D eigenvalue weighted by Gasteiger charge is -2.71. The van der Waals surface area contributed by atoms with Crippen LogP contribution in [0.1, 0.15) is 451 Å². The largest absolute Gasteiger partial charge is 0.481 e. The lowest BCUT2D eigenvalue weighted by molar-refractivity contribution is -0.203. The van der Waals surface area contributed by atoms with Gasteiger partial charge < -0.3 is 40.1 Å². The number of halogens is 3. The zero-order chi connectivity index (χ0) is 106. The van der Waals surface area contributed by atoms with Crippen molar-refractivity contribution in [2.45, 2.75) is 475 Å². The Hall–Kier alpha value is -2.47. The molecule has 18 heteroatoms. The number of ketones is 2. The molecule has 1 saturated heterocycles. The van der Waals surface area contributed by atoms with Gasteiger partial charge in [0.15, 0.2) is 5.78 Å². The van der Waals surface area contributed by atoms with E-state index in [9.17, 15) is 54.6 Å². The van der Waals surface area contributed by atoms with Gasteiger partial charge in [-0.1, -0.05) is 214 Å². The first-order valence-electron chi connectivity index (χ1n) is 57.9. The second kappa shape index (κ2) is 37.1. The number of ether oxygens (including phenoxy) is 2. The van der Waals surface area contributed by atoms with Gasteiger partial charge in [-0.2, -0.15) is 0 Å². The Morgan fingerprint density at radius 3 is 0.853 bits per heavy atom. The summed E-state index contributed by atoms with van der Waals surface area (Å²) in [7, 11) is 7.36. The fourth-order valence-corrected chi connectivity index (χ4v) is 42.8. The third kappa shape index (κ3) is 17.0. The Labute approximate surface area is 882 Å². The molecule has 21 rings (SSSR count). The summed E-state index contributed by atoms with van der Waals surface area (Å²) < 4.78 is 19.0. The van der Waals surface area contributed by atoms with E-state index in [4.69, 9.17) is 25.3 Å². The van der Waals surface area contributed by atoms with Gasteiger partial charge >= 0.3 is 17.9 Å². The van der Waals surface area contributed by atoms with Crippen molar-refractivity contribution >= 4 is 71.7 Å². The molecule has 0 amide bonds. The Morgan fingerprint density at radius 1 is 0.315 bits per heavy atom. The highest BCUT2D eigenvalue weighted by Gasteiger charge is 2.76. The first-order valence-corrected chi connectivity index (χ1v) is 61.1. The summed E-state index contributed by atoms with van der Waals surface area (Å²) >= 11 is 6.94. The molecule has 17 fully saturated rings. The van der Waals surface area contributed by atoms with Crippen molar-refractivity contribution in [1.29, 1.82) is 0 Å². The van der Waals surface area contributed by atoms with Crippen LogP contribution in [0.15, 0.2) is 46.6 Å². The molecule has 1 aliphatic heterocycles. The molecule has 16 saturated carbocycles. The molecule has 6 N–H and O–H groups in total. The van der Waals surface area contributed by atoms with Crippen LogP contribution in [0.2, 0.25) is 0 Å². The highest BCUT2D eigenvalue weighted by molar-refractivity contribution is 8.26. The summed E-state index contributed by atoms with van der Waals surface area (Å²) in [6.07, 6.45) is 51.5. The molecule has 21 aliphatic rings. The minimum atomic E-state index is -1.67. The number of allylic oxidation sites excluding steroid dienone is 8. The smallest absolute Gasteiger partial charge is 0.309 e. The maximum Gasteiger partial charge on any atom is 0.309 e. The maximum absolute atomic E-state index is 14.2. The molecule has 810 valence electrons. The summed E-state index contributed by atoms with van der Waals surface area (Å²) in [5.74, 6) is 4.54. The summed E-state index contributed by atoms with van der Waals surface area (Å²) in [4.78, 5) is 63.6. The van der Waals surface area contributed by atoms with Crippen LogP contribution in [0.25, 0.3) is 0 Å². The van der Waals surface area contributed by atoms with Crippen molar-refractivity contribution < 1.29 is 68.3 Å². The number of hydrogen-bond donors (Lipinski definition) is 6. The number of carbonyl (C=O) groups is 5. The average Bonchev–Trinajstić information content (AvgIpc) is 0.728. The van der Waals surface area contributed by atoms with Gasteiger partial charge in [0.05, 0.1) is 61.0 Å². The average molecular weight is 2060 g/mol. The zero-order valence-corrected chi connectivity index (χ0v) is 98.0. The first kappa shape index (κ1) is 113. The molecule has 0 bridgehead atoms. The van der Waals surface area contributed by atoms with Gasteiger partial charge in [0, 0.05) is 38.1 Å². The second-order valence-electron chi connectivity index (χ2n) is 61.4. The highest BCUT2D eigenvalue weighted by atomic mass is 36.0. The number of Topliss-reactive ketones (excluding diaryl/α,β-unsaturated/α-hetero) is 1. The predicted molar refractivity (Wildman–Crippen MR) is 579 cm³/mol. The maximum atomic E-state index is 14.2. The number of rotatable bonds is 4. The van der Waals surface area contributed by atoms with Gasteiger partial charge in [-0.25, -0.2) is 4.21 Å². The molecule has 36 atom stereocenters. The number of hydrogen-bond acceptors (Lipinski definition) is 11. The molecule has 14 nitrogen and oxygen atoms in total. The molecule has 0 aromatic rings. The molecule has 0 aromatic carbocycles. The number of carboxylic acids is 3. The molecule has 0 radical (unpaired) electrons. The van der Waals surface area contributed by atoms with Gasteiger partial charge in [-0.3, -0.25) is 24.0 Å². The first-order chi connectivity index (χ1) is 65.7. The van der Waals surface area contributed by atoms with Gasteiger partial charge in [0.25, 0.3) is 0 Å². The molecule has 20 aliphatic carbocycles. The van der Waals surface area contributed by atoms with Crippen molar-refractivity contribution in [3.05, 3.63) is 46.6 Å². The fraction of sp³-hybridized carbons (Fsp3) is 0.896. The number of aliphatic hydroxyl groups excluding tert-OH is 3. The second-order valence-corrected chi connectivity index (χ2v) is 64.4. The number of carbonyl (C=O) groups excluding carboxylic acids is 2. The van der Waals surface area contributed by atoms with Gasteiger partial charge in [0.2, 0.25) is 9.23 Å². The molecule has 0 aromatic heterocycles. The zero-order valence-electron chi connectivity index (χ0n) is 94.9. The standard InChI is InChI=1S/C31H49ClO.C30H46O4.2C30H48O3.C4H8O2.Cl2OS/c1-20(33)28(5)16-15-27(4)17-18-30(7)21(22(27)19-28)9-10-24-29(6)13-12-25(32)26(2,3)23(29)11-14-31(24,30)8;1-25(2)21-8-11-30(7)23(28(21,5)10-9-22(25)32)20(31)16-18-19-17-27(4,24(33)34)13-12-26(19,3)14-15-29(18,30)6;2*1-25(2)21-10-13-30(7)22(28(21,5)12-11-23(25)31)9-8-19-20-18-27(4,24(32)33)15-14-26(20,3)16-17-29(19,30)6;1-2-6-4-3-5-1;1-4(2)3/h9,22-25H,10-19H2,1-8H3;16,19,21-23,32H,8-15,17H2,1-7H3,(H,33,34);2*8,20-23,31H,9-18H2,1-7H3,(H,32,33);1-4H2;/t22?,23?,24?,25-,27+,28-,29-,30-,31+;19?,21?,22-,23?,26+,27-,28-,29-,30+;2*20?,21?,22?,23-,26+,27-,28-,29-,30+;;/m0000../s1. The Morgan fingerprint density at radius 2 is 0.559 bits per heavy atom. The summed E-state index contributed by atoms with van der Waals surface area (Å²) in [6.45, 7) is 72.1. The van der Waals surface area contributed by atoms with Crippen LogP contribution < -0.4 is 0 Å². The summed E-state index contributed by atoms with van der Waals surface area (Å²) in [6, 6.07) is 0. The van der Waals surface area contributed by atoms with Crippen LogP contribution in [0.5, 0.6) is 0 Å². The molecular weight excluding hydrogens is 1860 g/mol.